The molecule has 0 aliphatic heterocycles. The van der Waals surface area contributed by atoms with Gasteiger partial charge in [-0.25, -0.2) is 0 Å². The van der Waals surface area contributed by atoms with Crippen LogP contribution in [0.2, 0.25) is 66.5 Å². The zero-order chi connectivity index (χ0) is 68.6. The molecule has 0 N–H and O–H groups in total. The molecule has 4 heteroatoms. The van der Waals surface area contributed by atoms with E-state index in [0.29, 0.717) is 66.5 Å². The average Bonchev–Trinajstić information content (AvgIpc) is 0.697. The lowest BCUT2D eigenvalue weighted by Crippen LogP contribution is -2.43. The topological polar surface area (TPSA) is 0 Å². The normalized spacial score (nSPS) is 16.8. The van der Waals surface area contributed by atoms with Crippen LogP contribution < -0.4 is 0 Å². The lowest BCUT2D eigenvalue weighted by molar-refractivity contribution is 0.551. The summed E-state index contributed by atoms with van der Waals surface area (Å²) in [5.74, 6) is 15.7. The van der Waals surface area contributed by atoms with Crippen molar-refractivity contribution in [3.63, 3.8) is 0 Å². The van der Waals surface area contributed by atoms with Gasteiger partial charge in [-0.3, -0.25) is 0 Å². The number of hydrogen-bond donors (Lipinski definition) is 0. The highest BCUT2D eigenvalue weighted by Crippen LogP contribution is 2.61. The summed E-state index contributed by atoms with van der Waals surface area (Å²) in [6.45, 7) is 63.1. The molecule has 8 aromatic rings. The molecular formula is C90H114Si4. The van der Waals surface area contributed by atoms with Gasteiger partial charge in [0.05, 0.1) is 0 Å². The highest BCUT2D eigenvalue weighted by atomic mass is 28.3. The molecule has 2 bridgehead atoms. The third kappa shape index (κ3) is 12.1. The Bertz CT molecular complexity index is 4240. The molecule has 3 aliphatic rings. The molecule has 0 aromatic heterocycles. The second kappa shape index (κ2) is 27.1. The molecule has 0 saturated carbocycles. The van der Waals surface area contributed by atoms with Gasteiger partial charge in [-0.2, -0.15) is 0 Å². The second-order valence-electron chi connectivity index (χ2n) is 33.2. The van der Waals surface area contributed by atoms with E-state index in [4.69, 9.17) is 0 Å². The van der Waals surface area contributed by atoms with E-state index in [1.165, 1.54) is 87.6 Å². The van der Waals surface area contributed by atoms with Crippen LogP contribution in [0.25, 0.3) is 43.1 Å². The highest BCUT2D eigenvalue weighted by Gasteiger charge is 2.48. The summed E-state index contributed by atoms with van der Waals surface area (Å²) in [5, 5.41) is 10.2. The molecule has 0 unspecified atom stereocenters. The van der Waals surface area contributed by atoms with Gasteiger partial charge in [0.25, 0.3) is 0 Å². The average molecular weight is 1310 g/mol. The van der Waals surface area contributed by atoms with Gasteiger partial charge in [0.1, 0.15) is 32.3 Å². The van der Waals surface area contributed by atoms with Crippen LogP contribution in [-0.2, 0) is 0 Å². The van der Waals surface area contributed by atoms with Crippen LogP contribution in [0.4, 0.5) is 0 Å². The van der Waals surface area contributed by atoms with E-state index < -0.39 is 32.3 Å². The summed E-state index contributed by atoms with van der Waals surface area (Å²) >= 11 is 0. The summed E-state index contributed by atoms with van der Waals surface area (Å²) in [6, 6.07) is 49.3. The van der Waals surface area contributed by atoms with Crippen molar-refractivity contribution < 1.29 is 0 Å². The Hall–Kier alpha value is -6.09. The minimum atomic E-state index is -1.99. The van der Waals surface area contributed by atoms with E-state index >= 15 is 0 Å². The van der Waals surface area contributed by atoms with Gasteiger partial charge in [0.2, 0.25) is 0 Å². The molecule has 0 heterocycles. The largest absolute Gasteiger partial charge is 0.146 e. The quantitative estimate of drug-likeness (QED) is 0.0797. The first-order valence-corrected chi connectivity index (χ1v) is 45.6. The van der Waals surface area contributed by atoms with E-state index in [9.17, 15) is 0 Å². The number of fused-ring (bicyclic) bond motifs is 4. The second-order valence-corrected chi connectivity index (χ2v) is 55.5. The molecule has 2 atom stereocenters. The maximum Gasteiger partial charge on any atom is 0.146 e. The van der Waals surface area contributed by atoms with Crippen molar-refractivity contribution >= 4 is 75.4 Å². The Morgan fingerprint density at radius 2 is 0.436 bits per heavy atom. The molecule has 0 fully saturated rings. The number of hydrogen-bond acceptors (Lipinski definition) is 0. The minimum Gasteiger partial charge on any atom is -0.125 e. The number of benzene rings is 8. The summed E-state index contributed by atoms with van der Waals surface area (Å²) in [5.41, 5.74) is 39.0. The first kappa shape index (κ1) is 70.7. The van der Waals surface area contributed by atoms with Gasteiger partial charge in [-0.15, -0.1) is 22.2 Å². The Morgan fingerprint density at radius 3 is 0.702 bits per heavy atom. The van der Waals surface area contributed by atoms with E-state index in [1.807, 2.05) is 0 Å². The predicted molar refractivity (Wildman–Crippen MR) is 426 cm³/mol. The molecule has 0 radical (unpaired) electrons. The van der Waals surface area contributed by atoms with Crippen LogP contribution in [0, 0.1) is 52.8 Å². The monoisotopic (exact) mass is 1310 g/mol. The number of aryl methyl sites for hydroxylation is 1. The smallest absolute Gasteiger partial charge is 0.125 e. The maximum atomic E-state index is 4.10. The van der Waals surface area contributed by atoms with E-state index in [0.717, 1.165) is 22.3 Å². The fourth-order valence-electron chi connectivity index (χ4n) is 20.2. The van der Waals surface area contributed by atoms with Crippen LogP contribution in [0.3, 0.4) is 0 Å². The molecule has 3 aliphatic carbocycles. The lowest BCUT2D eigenvalue weighted by Gasteiger charge is -2.45. The Labute approximate surface area is 575 Å². The van der Waals surface area contributed by atoms with Crippen molar-refractivity contribution in [2.45, 2.75) is 270 Å². The third-order valence-corrected chi connectivity index (χ3v) is 50.0. The van der Waals surface area contributed by atoms with Crippen molar-refractivity contribution in [2.24, 2.45) is 0 Å². The lowest BCUT2D eigenvalue weighted by atomic mass is 9.57. The summed E-state index contributed by atoms with van der Waals surface area (Å²) in [7, 11) is -7.94. The van der Waals surface area contributed by atoms with Crippen molar-refractivity contribution in [1.29, 1.82) is 0 Å². The Balaban J connectivity index is 1.30. The fourth-order valence-corrected chi connectivity index (χ4v) is 41.1. The Morgan fingerprint density at radius 1 is 0.234 bits per heavy atom. The summed E-state index contributed by atoms with van der Waals surface area (Å²) < 4.78 is 0. The molecule has 0 saturated heterocycles. The molecular weight excluding hydrogens is 1190 g/mol. The summed E-state index contributed by atoms with van der Waals surface area (Å²) in [4.78, 5) is 0. The molecule has 11 rings (SSSR count). The van der Waals surface area contributed by atoms with Crippen LogP contribution in [0.15, 0.2) is 121 Å². The van der Waals surface area contributed by atoms with E-state index in [2.05, 4.69) is 347 Å². The third-order valence-electron chi connectivity index (χ3n) is 24.8. The maximum absolute atomic E-state index is 4.10. The zero-order valence-corrected chi connectivity index (χ0v) is 66.8. The highest BCUT2D eigenvalue weighted by molar-refractivity contribution is 6.92. The van der Waals surface area contributed by atoms with Crippen LogP contribution in [0.1, 0.15) is 264 Å². The van der Waals surface area contributed by atoms with Crippen LogP contribution >= 0.6 is 0 Å². The van der Waals surface area contributed by atoms with Gasteiger partial charge >= 0.3 is 0 Å². The first-order chi connectivity index (χ1) is 44.3. The molecule has 0 nitrogen and oxygen atoms in total. The van der Waals surface area contributed by atoms with E-state index in [-0.39, 0.29) is 23.7 Å². The van der Waals surface area contributed by atoms with Crippen molar-refractivity contribution in [3.8, 4) is 45.9 Å². The van der Waals surface area contributed by atoms with Gasteiger partial charge in [0, 0.05) is 40.0 Å². The predicted octanol–water partition coefficient (Wildman–Crippen LogP) is 26.4. The molecule has 0 spiro atoms. The van der Waals surface area contributed by atoms with Crippen molar-refractivity contribution in [3.05, 3.63) is 188 Å². The first-order valence-electron chi connectivity index (χ1n) is 36.7. The molecule has 8 aromatic carbocycles. The van der Waals surface area contributed by atoms with Gasteiger partial charge in [0.15, 0.2) is 0 Å². The molecule has 94 heavy (non-hydrogen) atoms. The van der Waals surface area contributed by atoms with Gasteiger partial charge < -0.3 is 0 Å². The van der Waals surface area contributed by atoms with Crippen LogP contribution in [0.5, 0.6) is 0 Å². The molecule has 0 amide bonds. The van der Waals surface area contributed by atoms with Crippen LogP contribution in [-0.4, -0.2) is 32.3 Å². The number of rotatable bonds is 13. The molecule has 490 valence electrons. The minimum absolute atomic E-state index is 0.00578. The SMILES string of the molecule is Cc1cc2ccc(C#C[Si](C(C)C)(C(C)C)C(C)C)cc2cc1[C@H]1c2cc3cc(C#C[Si](C(C)C)(C(C)C)C(C)C)ccc3cc2[C@H](C)C2c3cc4cc(C#C[Si](C(C)C)(C(C)C)C(C)C)ccc4cc3C1c1cc3ccc(C#C[Si](C(C)C)(C(C)C)C(C)C)cc3cc12. The zero-order valence-electron chi connectivity index (χ0n) is 62.8. The van der Waals surface area contributed by atoms with Crippen molar-refractivity contribution in [1.82, 2.24) is 0 Å². The van der Waals surface area contributed by atoms with Crippen molar-refractivity contribution in [2.75, 3.05) is 0 Å². The van der Waals surface area contributed by atoms with Gasteiger partial charge in [-0.05, 0) is 215 Å². The standard InChI is InChI=1S/C90H114Si4/c1-55(2)91(56(3)4,57(5)6)39-35-69-27-31-73-43-67(25)81(51-77(73)44-69)89-83-52-78-45-70(36-40-92(58(7)8,59(9)10)60(11)12)28-32-74(78)48-82(83)68(26)88-84-53-79-46-71(37-41-93(61(13)14,62(15)16)63(17)18)29-33-75(79)49-86(84)90(89)87-50-76-34-30-72(47-80(76)54-85(87)88)38-42-94(64(19)20,65(21)22)66(23)24/h27-34,43-66,68,88-90H,1-26H3/t68-,88?,89-,90?/m0/s1. The van der Waals surface area contributed by atoms with E-state index in [1.54, 1.807) is 0 Å². The Kier molecular flexibility index (Phi) is 20.4. The fraction of sp³-hybridized carbons (Fsp3) is 0.467. The van der Waals surface area contributed by atoms with Gasteiger partial charge in [-0.1, -0.05) is 270 Å². The summed E-state index contributed by atoms with van der Waals surface area (Å²) in [6.07, 6.45) is 0.